The standard InChI is InChI=1S/C29H33ClFN3O/c1-34(2)12-4-7-23-26(27(23)28(35)33-22-8-9-25(31)24(30)15-22)19-10-11-29(16-21(29)14-19)20-6-3-5-18(13-20)17-32/h3,5-6,8-9,13,15,19,21,23,26-27H,4,7,10-12,14,16H2,1-2H3,(H,33,35)/t19-,21?,23+,26?,27?,29-/m1/s1. The highest BCUT2D eigenvalue weighted by atomic mass is 35.5. The lowest BCUT2D eigenvalue weighted by Crippen LogP contribution is -2.23. The second kappa shape index (κ2) is 9.56. The van der Waals surface area contributed by atoms with Crippen molar-refractivity contribution >= 4 is 23.2 Å². The Balaban J connectivity index is 1.26. The van der Waals surface area contributed by atoms with Crippen LogP contribution in [0.4, 0.5) is 10.1 Å². The van der Waals surface area contributed by atoms with Crippen LogP contribution in [0.2, 0.25) is 5.02 Å². The summed E-state index contributed by atoms with van der Waals surface area (Å²) in [5.74, 6) is 1.61. The fraction of sp³-hybridized carbons (Fsp3) is 0.517. The van der Waals surface area contributed by atoms with E-state index >= 15 is 0 Å². The van der Waals surface area contributed by atoms with E-state index in [9.17, 15) is 14.4 Å². The molecule has 6 atom stereocenters. The zero-order chi connectivity index (χ0) is 24.7. The first-order chi connectivity index (χ1) is 16.8. The minimum Gasteiger partial charge on any atom is -0.326 e. The van der Waals surface area contributed by atoms with E-state index in [1.165, 1.54) is 24.1 Å². The van der Waals surface area contributed by atoms with Crippen molar-refractivity contribution in [1.29, 1.82) is 5.26 Å². The Morgan fingerprint density at radius 1 is 1.29 bits per heavy atom. The van der Waals surface area contributed by atoms with E-state index in [1.54, 1.807) is 6.07 Å². The molecule has 35 heavy (non-hydrogen) atoms. The number of nitriles is 1. The van der Waals surface area contributed by atoms with Crippen molar-refractivity contribution in [1.82, 2.24) is 4.90 Å². The summed E-state index contributed by atoms with van der Waals surface area (Å²) in [7, 11) is 4.17. The average molecular weight is 494 g/mol. The van der Waals surface area contributed by atoms with Gasteiger partial charge in [0.15, 0.2) is 0 Å². The Hall–Kier alpha value is -2.42. The molecule has 3 aliphatic carbocycles. The van der Waals surface area contributed by atoms with Gasteiger partial charge in [0.05, 0.1) is 16.7 Å². The molecule has 0 spiro atoms. The molecule has 0 aromatic heterocycles. The topological polar surface area (TPSA) is 56.1 Å². The molecule has 3 aliphatic rings. The molecule has 1 amide bonds. The first kappa shape index (κ1) is 24.3. The zero-order valence-corrected chi connectivity index (χ0v) is 21.2. The third kappa shape index (κ3) is 4.84. The molecule has 184 valence electrons. The van der Waals surface area contributed by atoms with Gasteiger partial charge in [-0.25, -0.2) is 4.39 Å². The molecular weight excluding hydrogens is 461 g/mol. The molecule has 0 aliphatic heterocycles. The van der Waals surface area contributed by atoms with Gasteiger partial charge in [0.2, 0.25) is 5.91 Å². The summed E-state index contributed by atoms with van der Waals surface area (Å²) in [6.07, 6.45) is 6.77. The van der Waals surface area contributed by atoms with E-state index in [4.69, 9.17) is 11.6 Å². The Morgan fingerprint density at radius 2 is 2.11 bits per heavy atom. The number of nitrogens with one attached hydrogen (secondary N) is 1. The predicted octanol–water partition coefficient (Wildman–Crippen LogP) is 6.25. The number of halogens is 2. The molecule has 0 bridgehead atoms. The van der Waals surface area contributed by atoms with E-state index in [0.717, 1.165) is 44.2 Å². The van der Waals surface area contributed by atoms with Crippen LogP contribution >= 0.6 is 11.6 Å². The van der Waals surface area contributed by atoms with Crippen LogP contribution in [0, 0.1) is 46.7 Å². The fourth-order valence-electron chi connectivity index (χ4n) is 6.90. The summed E-state index contributed by atoms with van der Waals surface area (Å²) in [5, 5.41) is 12.3. The van der Waals surface area contributed by atoms with Crippen molar-refractivity contribution in [2.75, 3.05) is 26.0 Å². The number of carbonyl (C=O) groups excluding carboxylic acids is 1. The van der Waals surface area contributed by atoms with Crippen molar-refractivity contribution in [2.24, 2.45) is 29.6 Å². The van der Waals surface area contributed by atoms with Gasteiger partial charge in [-0.05, 0) is 124 Å². The van der Waals surface area contributed by atoms with E-state index < -0.39 is 5.82 Å². The minimum atomic E-state index is -0.481. The van der Waals surface area contributed by atoms with Gasteiger partial charge in [-0.15, -0.1) is 0 Å². The van der Waals surface area contributed by atoms with E-state index in [-0.39, 0.29) is 22.3 Å². The maximum atomic E-state index is 13.6. The van der Waals surface area contributed by atoms with E-state index in [2.05, 4.69) is 42.5 Å². The van der Waals surface area contributed by atoms with Gasteiger partial charge in [0, 0.05) is 11.6 Å². The highest BCUT2D eigenvalue weighted by molar-refractivity contribution is 6.31. The Morgan fingerprint density at radius 3 is 2.83 bits per heavy atom. The number of hydrogen-bond acceptors (Lipinski definition) is 3. The van der Waals surface area contributed by atoms with Gasteiger partial charge in [-0.3, -0.25) is 4.79 Å². The van der Waals surface area contributed by atoms with Crippen LogP contribution in [0.3, 0.4) is 0 Å². The Bertz CT molecular complexity index is 1160. The van der Waals surface area contributed by atoms with Gasteiger partial charge in [-0.1, -0.05) is 23.7 Å². The van der Waals surface area contributed by atoms with Crippen LogP contribution in [-0.4, -0.2) is 31.4 Å². The van der Waals surface area contributed by atoms with Crippen LogP contribution in [0.15, 0.2) is 42.5 Å². The monoisotopic (exact) mass is 493 g/mol. The van der Waals surface area contributed by atoms with Crippen LogP contribution < -0.4 is 5.32 Å². The summed E-state index contributed by atoms with van der Waals surface area (Å²) in [6.45, 7) is 1.02. The number of fused-ring (bicyclic) bond motifs is 1. The molecule has 2 aromatic carbocycles. The largest absolute Gasteiger partial charge is 0.326 e. The predicted molar refractivity (Wildman–Crippen MR) is 137 cm³/mol. The molecule has 3 unspecified atom stereocenters. The maximum absolute atomic E-state index is 13.6. The zero-order valence-electron chi connectivity index (χ0n) is 20.4. The Labute approximate surface area is 212 Å². The number of amides is 1. The number of rotatable bonds is 8. The molecule has 1 N–H and O–H groups in total. The molecule has 3 fully saturated rings. The minimum absolute atomic E-state index is 0.0131. The Kier molecular flexibility index (Phi) is 6.63. The summed E-state index contributed by atoms with van der Waals surface area (Å²) in [6, 6.07) is 14.8. The average Bonchev–Trinajstić information content (AvgIpc) is 3.74. The normalized spacial score (nSPS) is 30.9. The lowest BCUT2D eigenvalue weighted by Gasteiger charge is -2.29. The summed E-state index contributed by atoms with van der Waals surface area (Å²) >= 11 is 5.92. The molecular formula is C29H33ClFN3O. The summed E-state index contributed by atoms with van der Waals surface area (Å²) < 4.78 is 13.6. The summed E-state index contributed by atoms with van der Waals surface area (Å²) in [5.41, 5.74) is 2.86. The van der Waals surface area contributed by atoms with Gasteiger partial charge in [-0.2, -0.15) is 5.26 Å². The third-order valence-corrected chi connectivity index (χ3v) is 9.04. The number of hydrogen-bond donors (Lipinski definition) is 1. The lowest BCUT2D eigenvalue weighted by molar-refractivity contribution is -0.118. The number of anilines is 1. The molecule has 2 aromatic rings. The maximum Gasteiger partial charge on any atom is 0.228 e. The molecule has 5 rings (SSSR count). The fourth-order valence-corrected chi connectivity index (χ4v) is 7.08. The van der Waals surface area contributed by atoms with Crippen molar-refractivity contribution in [3.63, 3.8) is 0 Å². The van der Waals surface area contributed by atoms with Crippen molar-refractivity contribution in [3.8, 4) is 6.07 Å². The quantitative estimate of drug-likeness (QED) is 0.472. The smallest absolute Gasteiger partial charge is 0.228 e. The first-order valence-corrected chi connectivity index (χ1v) is 13.1. The number of nitrogens with zero attached hydrogens (tertiary/aromatic N) is 2. The second-order valence-electron chi connectivity index (χ2n) is 11.1. The van der Waals surface area contributed by atoms with Gasteiger partial charge in [0.25, 0.3) is 0 Å². The van der Waals surface area contributed by atoms with Crippen LogP contribution in [0.25, 0.3) is 0 Å². The molecule has 0 heterocycles. The van der Waals surface area contributed by atoms with E-state index in [0.29, 0.717) is 29.4 Å². The van der Waals surface area contributed by atoms with Gasteiger partial charge < -0.3 is 10.2 Å². The highest BCUT2D eigenvalue weighted by Gasteiger charge is 2.63. The summed E-state index contributed by atoms with van der Waals surface area (Å²) in [4.78, 5) is 15.5. The second-order valence-corrected chi connectivity index (χ2v) is 11.5. The van der Waals surface area contributed by atoms with Crippen molar-refractivity contribution in [2.45, 2.75) is 43.9 Å². The van der Waals surface area contributed by atoms with Crippen LogP contribution in [0.1, 0.15) is 49.7 Å². The number of carbonyl (C=O) groups is 1. The van der Waals surface area contributed by atoms with Crippen molar-refractivity contribution in [3.05, 3.63) is 64.4 Å². The first-order valence-electron chi connectivity index (χ1n) is 12.7. The highest BCUT2D eigenvalue weighted by Crippen LogP contribution is 2.68. The van der Waals surface area contributed by atoms with Crippen LogP contribution in [-0.2, 0) is 10.2 Å². The van der Waals surface area contributed by atoms with Gasteiger partial charge in [0.1, 0.15) is 5.82 Å². The molecule has 6 heteroatoms. The molecule has 4 nitrogen and oxygen atoms in total. The third-order valence-electron chi connectivity index (χ3n) is 8.75. The molecule has 3 saturated carbocycles. The van der Waals surface area contributed by atoms with Gasteiger partial charge >= 0.3 is 0 Å². The van der Waals surface area contributed by atoms with Crippen LogP contribution in [0.5, 0.6) is 0 Å². The SMILES string of the molecule is CN(C)CCC[C@@H]1C(C(=O)Nc2ccc(F)c(Cl)c2)C1[C@@H]1CC[C@]2(c3cccc(C#N)c3)CC2C1. The lowest BCUT2D eigenvalue weighted by atomic mass is 9.75. The molecule has 0 radical (unpaired) electrons. The van der Waals surface area contributed by atoms with E-state index in [1.807, 2.05) is 12.1 Å². The number of benzene rings is 2. The van der Waals surface area contributed by atoms with Crippen molar-refractivity contribution < 1.29 is 9.18 Å². The molecule has 0 saturated heterocycles.